The van der Waals surface area contributed by atoms with E-state index < -0.39 is 5.60 Å². The third-order valence-corrected chi connectivity index (χ3v) is 4.60. The van der Waals surface area contributed by atoms with Crippen molar-refractivity contribution in [2.24, 2.45) is 0 Å². The van der Waals surface area contributed by atoms with Crippen LogP contribution in [0.2, 0.25) is 0 Å². The van der Waals surface area contributed by atoms with Crippen LogP contribution >= 0.6 is 11.8 Å². The Hall–Kier alpha value is -1.00. The molecule has 1 aromatic carbocycles. The van der Waals surface area contributed by atoms with Crippen molar-refractivity contribution in [3.8, 4) is 0 Å². The standard InChI is InChI=1S/C14H19NO2S/c1-14(17,11-6-3-2-4-7-11)10-15-13(16)12-8-5-9-18-12/h2-4,6-7,12,17H,5,8-10H2,1H3,(H,15,16). The van der Waals surface area contributed by atoms with E-state index >= 15 is 0 Å². The predicted molar refractivity (Wildman–Crippen MR) is 74.5 cm³/mol. The van der Waals surface area contributed by atoms with Crippen LogP contribution in [0.25, 0.3) is 0 Å². The Morgan fingerprint density at radius 1 is 1.50 bits per heavy atom. The highest BCUT2D eigenvalue weighted by molar-refractivity contribution is 8.00. The highest BCUT2D eigenvalue weighted by atomic mass is 32.2. The SMILES string of the molecule is CC(O)(CNC(=O)C1CCCS1)c1ccccc1. The van der Waals surface area contributed by atoms with E-state index in [-0.39, 0.29) is 17.7 Å². The molecule has 0 radical (unpaired) electrons. The number of aliphatic hydroxyl groups is 1. The van der Waals surface area contributed by atoms with Gasteiger partial charge < -0.3 is 10.4 Å². The predicted octanol–water partition coefficient (Wildman–Crippen LogP) is 1.91. The first kappa shape index (κ1) is 13.4. The highest BCUT2D eigenvalue weighted by Gasteiger charge is 2.27. The van der Waals surface area contributed by atoms with Gasteiger partial charge in [0.25, 0.3) is 0 Å². The van der Waals surface area contributed by atoms with Gasteiger partial charge in [-0.2, -0.15) is 0 Å². The van der Waals surface area contributed by atoms with Gasteiger partial charge >= 0.3 is 0 Å². The molecule has 0 bridgehead atoms. The normalized spacial score (nSPS) is 22.4. The molecule has 1 aliphatic heterocycles. The molecule has 1 aliphatic rings. The zero-order valence-electron chi connectivity index (χ0n) is 10.6. The Bertz CT molecular complexity index is 400. The van der Waals surface area contributed by atoms with Crippen molar-refractivity contribution in [2.75, 3.05) is 12.3 Å². The number of carbonyl (C=O) groups is 1. The minimum absolute atomic E-state index is 0.0497. The minimum Gasteiger partial charge on any atom is -0.384 e. The molecule has 1 amide bonds. The van der Waals surface area contributed by atoms with E-state index in [2.05, 4.69) is 5.32 Å². The van der Waals surface area contributed by atoms with Crippen LogP contribution in [0.1, 0.15) is 25.3 Å². The van der Waals surface area contributed by atoms with E-state index in [0.29, 0.717) is 0 Å². The molecule has 0 aliphatic carbocycles. The molecular weight excluding hydrogens is 246 g/mol. The number of rotatable bonds is 4. The highest BCUT2D eigenvalue weighted by Crippen LogP contribution is 2.26. The van der Waals surface area contributed by atoms with Crippen LogP contribution in [0, 0.1) is 0 Å². The second-order valence-electron chi connectivity index (χ2n) is 4.86. The van der Waals surface area contributed by atoms with E-state index in [1.807, 2.05) is 30.3 Å². The third kappa shape index (κ3) is 3.27. The Morgan fingerprint density at radius 2 is 2.22 bits per heavy atom. The van der Waals surface area contributed by atoms with E-state index in [0.717, 1.165) is 24.2 Å². The van der Waals surface area contributed by atoms with Crippen molar-refractivity contribution in [3.05, 3.63) is 35.9 Å². The van der Waals surface area contributed by atoms with Crippen LogP contribution in [-0.4, -0.2) is 28.6 Å². The lowest BCUT2D eigenvalue weighted by Gasteiger charge is -2.25. The Kier molecular flexibility index (Phi) is 4.30. The quantitative estimate of drug-likeness (QED) is 0.874. The molecular formula is C14H19NO2S. The van der Waals surface area contributed by atoms with Gasteiger partial charge in [0.1, 0.15) is 5.60 Å². The lowest BCUT2D eigenvalue weighted by molar-refractivity contribution is -0.121. The van der Waals surface area contributed by atoms with Gasteiger partial charge in [-0.05, 0) is 31.1 Å². The molecule has 1 saturated heterocycles. The fourth-order valence-electron chi connectivity index (χ4n) is 2.06. The van der Waals surface area contributed by atoms with Crippen LogP contribution in [0.5, 0.6) is 0 Å². The van der Waals surface area contributed by atoms with Crippen LogP contribution < -0.4 is 5.32 Å². The molecule has 1 fully saturated rings. The maximum absolute atomic E-state index is 11.9. The molecule has 1 heterocycles. The van der Waals surface area contributed by atoms with E-state index in [1.54, 1.807) is 18.7 Å². The molecule has 18 heavy (non-hydrogen) atoms. The smallest absolute Gasteiger partial charge is 0.233 e. The molecule has 4 heteroatoms. The summed E-state index contributed by atoms with van der Waals surface area (Å²) in [5, 5.41) is 13.3. The molecule has 2 rings (SSSR count). The van der Waals surface area contributed by atoms with E-state index in [1.165, 1.54) is 0 Å². The summed E-state index contributed by atoms with van der Waals surface area (Å²) in [6, 6.07) is 9.43. The first-order valence-corrected chi connectivity index (χ1v) is 7.32. The average molecular weight is 265 g/mol. The Labute approximate surface area is 112 Å². The second-order valence-corrected chi connectivity index (χ2v) is 6.17. The molecule has 2 N–H and O–H groups in total. The van der Waals surface area contributed by atoms with Crippen molar-refractivity contribution in [1.82, 2.24) is 5.32 Å². The monoisotopic (exact) mass is 265 g/mol. The Morgan fingerprint density at radius 3 is 2.83 bits per heavy atom. The van der Waals surface area contributed by atoms with E-state index in [9.17, 15) is 9.90 Å². The van der Waals surface area contributed by atoms with Crippen LogP contribution in [0.4, 0.5) is 0 Å². The lowest BCUT2D eigenvalue weighted by Crippen LogP contribution is -2.41. The Balaban J connectivity index is 1.90. The second kappa shape index (κ2) is 5.76. The largest absolute Gasteiger partial charge is 0.384 e. The number of thioether (sulfide) groups is 1. The number of hydrogen-bond donors (Lipinski definition) is 2. The van der Waals surface area contributed by atoms with Gasteiger partial charge in [0.05, 0.1) is 11.8 Å². The van der Waals surface area contributed by atoms with E-state index in [4.69, 9.17) is 0 Å². The number of benzene rings is 1. The summed E-state index contributed by atoms with van der Waals surface area (Å²) in [5.74, 6) is 1.11. The third-order valence-electron chi connectivity index (χ3n) is 3.22. The van der Waals surface area contributed by atoms with Gasteiger partial charge in [-0.1, -0.05) is 30.3 Å². The van der Waals surface area contributed by atoms with Crippen LogP contribution in [0.3, 0.4) is 0 Å². The number of amides is 1. The van der Waals surface area contributed by atoms with Gasteiger partial charge in [0.2, 0.25) is 5.91 Å². The molecule has 0 aromatic heterocycles. The fraction of sp³-hybridized carbons (Fsp3) is 0.500. The first-order valence-electron chi connectivity index (χ1n) is 6.27. The average Bonchev–Trinajstić information content (AvgIpc) is 2.91. The summed E-state index contributed by atoms with van der Waals surface area (Å²) in [7, 11) is 0. The molecule has 0 spiro atoms. The molecule has 1 aromatic rings. The van der Waals surface area contributed by atoms with Crippen molar-refractivity contribution in [3.63, 3.8) is 0 Å². The number of carbonyl (C=O) groups excluding carboxylic acids is 1. The van der Waals surface area contributed by atoms with Gasteiger partial charge in [0, 0.05) is 0 Å². The summed E-state index contributed by atoms with van der Waals surface area (Å²) in [6.45, 7) is 1.98. The first-order chi connectivity index (χ1) is 8.59. The van der Waals surface area contributed by atoms with Crippen LogP contribution in [-0.2, 0) is 10.4 Å². The van der Waals surface area contributed by atoms with Crippen LogP contribution in [0.15, 0.2) is 30.3 Å². The number of nitrogens with one attached hydrogen (secondary N) is 1. The molecule has 3 nitrogen and oxygen atoms in total. The summed E-state index contributed by atoms with van der Waals surface area (Å²) < 4.78 is 0. The lowest BCUT2D eigenvalue weighted by atomic mass is 9.96. The number of hydrogen-bond acceptors (Lipinski definition) is 3. The van der Waals surface area contributed by atoms with Gasteiger partial charge in [0.15, 0.2) is 0 Å². The molecule has 2 unspecified atom stereocenters. The maximum atomic E-state index is 11.9. The van der Waals surface area contributed by atoms with Crippen molar-refractivity contribution in [1.29, 1.82) is 0 Å². The summed E-state index contributed by atoms with van der Waals surface area (Å²) in [6.07, 6.45) is 2.06. The maximum Gasteiger partial charge on any atom is 0.233 e. The summed E-state index contributed by atoms with van der Waals surface area (Å²) in [4.78, 5) is 11.9. The van der Waals surface area contributed by atoms with Crippen molar-refractivity contribution in [2.45, 2.75) is 30.6 Å². The van der Waals surface area contributed by atoms with Crippen molar-refractivity contribution < 1.29 is 9.90 Å². The summed E-state index contributed by atoms with van der Waals surface area (Å²) >= 11 is 1.70. The van der Waals surface area contributed by atoms with Gasteiger partial charge in [-0.25, -0.2) is 0 Å². The molecule has 0 saturated carbocycles. The van der Waals surface area contributed by atoms with Crippen molar-refractivity contribution >= 4 is 17.7 Å². The summed E-state index contributed by atoms with van der Waals surface area (Å²) in [5.41, 5.74) is -0.190. The topological polar surface area (TPSA) is 49.3 Å². The fourth-order valence-corrected chi connectivity index (χ4v) is 3.24. The van der Waals surface area contributed by atoms with Gasteiger partial charge in [-0.15, -0.1) is 11.8 Å². The minimum atomic E-state index is -1.01. The molecule has 2 atom stereocenters. The zero-order chi connectivity index (χ0) is 13.0. The van der Waals surface area contributed by atoms with Gasteiger partial charge in [-0.3, -0.25) is 4.79 Å². The zero-order valence-corrected chi connectivity index (χ0v) is 11.4. The molecule has 98 valence electrons.